The zero-order valence-electron chi connectivity index (χ0n) is 12.1. The van der Waals surface area contributed by atoms with E-state index in [0.717, 1.165) is 28.1 Å². The second-order valence-corrected chi connectivity index (χ2v) is 5.44. The normalized spacial score (nSPS) is 11.0. The van der Waals surface area contributed by atoms with Gasteiger partial charge in [-0.05, 0) is 49.2 Å². The van der Waals surface area contributed by atoms with Crippen molar-refractivity contribution in [2.24, 2.45) is 0 Å². The molecule has 4 nitrogen and oxygen atoms in total. The van der Waals surface area contributed by atoms with Crippen LogP contribution >= 0.6 is 11.6 Å². The van der Waals surface area contributed by atoms with Gasteiger partial charge in [0.05, 0.1) is 12.1 Å². The van der Waals surface area contributed by atoms with E-state index in [1.165, 1.54) is 0 Å². The highest BCUT2D eigenvalue weighted by molar-refractivity contribution is 6.33. The first-order chi connectivity index (χ1) is 10.0. The minimum atomic E-state index is 0.582. The third-order valence-electron chi connectivity index (χ3n) is 3.64. The van der Waals surface area contributed by atoms with E-state index in [-0.39, 0.29) is 0 Å². The van der Waals surface area contributed by atoms with Crippen molar-refractivity contribution in [2.45, 2.75) is 13.8 Å². The molecule has 0 amide bonds. The van der Waals surface area contributed by atoms with Crippen LogP contribution in [0, 0.1) is 13.8 Å². The van der Waals surface area contributed by atoms with Crippen molar-refractivity contribution >= 4 is 23.1 Å². The molecule has 21 heavy (non-hydrogen) atoms. The maximum atomic E-state index is 6.24. The Morgan fingerprint density at radius 1 is 1.24 bits per heavy atom. The van der Waals surface area contributed by atoms with Crippen molar-refractivity contribution in [1.82, 2.24) is 9.38 Å². The third-order valence-corrected chi connectivity index (χ3v) is 3.93. The molecule has 0 radical (unpaired) electrons. The van der Waals surface area contributed by atoms with Gasteiger partial charge in [-0.25, -0.2) is 4.98 Å². The number of anilines is 1. The molecule has 1 aromatic carbocycles. The number of aryl methyl sites for hydroxylation is 2. The Bertz CT molecular complexity index is 839. The molecule has 0 atom stereocenters. The van der Waals surface area contributed by atoms with Crippen molar-refractivity contribution in [3.8, 4) is 17.0 Å². The fourth-order valence-electron chi connectivity index (χ4n) is 2.52. The minimum absolute atomic E-state index is 0.582. The summed E-state index contributed by atoms with van der Waals surface area (Å²) in [5.41, 5.74) is 10.7. The number of ether oxygens (including phenoxy) is 1. The number of benzene rings is 1. The van der Waals surface area contributed by atoms with Gasteiger partial charge in [0.2, 0.25) is 0 Å². The van der Waals surface area contributed by atoms with Gasteiger partial charge in [-0.1, -0.05) is 11.6 Å². The predicted octanol–water partition coefficient (Wildman–Crippen LogP) is 3.86. The molecule has 0 unspecified atom stereocenters. The highest BCUT2D eigenvalue weighted by Gasteiger charge is 2.16. The molecule has 2 aromatic heterocycles. The largest absolute Gasteiger partial charge is 0.496 e. The Morgan fingerprint density at radius 2 is 2.00 bits per heavy atom. The molecule has 0 aliphatic rings. The van der Waals surface area contributed by atoms with E-state index in [2.05, 4.69) is 4.98 Å². The molecule has 0 aliphatic heterocycles. The predicted molar refractivity (Wildman–Crippen MR) is 86.1 cm³/mol. The molecule has 2 N–H and O–H groups in total. The van der Waals surface area contributed by atoms with Gasteiger partial charge in [0.25, 0.3) is 0 Å². The number of rotatable bonds is 2. The molecule has 5 heteroatoms. The smallest absolute Gasteiger partial charge is 0.157 e. The van der Waals surface area contributed by atoms with Crippen molar-refractivity contribution in [1.29, 1.82) is 0 Å². The number of aromatic nitrogens is 2. The Morgan fingerprint density at radius 3 is 2.67 bits per heavy atom. The molecule has 108 valence electrons. The average molecular weight is 302 g/mol. The second kappa shape index (κ2) is 4.97. The molecular formula is C16H16ClN3O. The Balaban J connectivity index is 2.28. The fourth-order valence-corrected chi connectivity index (χ4v) is 2.72. The van der Waals surface area contributed by atoms with Crippen molar-refractivity contribution in [3.05, 3.63) is 46.6 Å². The highest BCUT2D eigenvalue weighted by Crippen LogP contribution is 2.34. The molecule has 0 aliphatic carbocycles. The van der Waals surface area contributed by atoms with Gasteiger partial charge < -0.3 is 10.5 Å². The van der Waals surface area contributed by atoms with Gasteiger partial charge in [0.15, 0.2) is 5.65 Å². The topological polar surface area (TPSA) is 52.5 Å². The lowest BCUT2D eigenvalue weighted by Crippen LogP contribution is -1.96. The fraction of sp³-hybridized carbons (Fsp3) is 0.188. The summed E-state index contributed by atoms with van der Waals surface area (Å²) in [5, 5.41) is 0.582. The van der Waals surface area contributed by atoms with Crippen molar-refractivity contribution in [3.63, 3.8) is 0 Å². The van der Waals surface area contributed by atoms with Gasteiger partial charge in [-0.2, -0.15) is 0 Å². The highest BCUT2D eigenvalue weighted by atomic mass is 35.5. The number of halogens is 1. The van der Waals surface area contributed by atoms with Crippen LogP contribution < -0.4 is 10.5 Å². The van der Waals surface area contributed by atoms with E-state index >= 15 is 0 Å². The summed E-state index contributed by atoms with van der Waals surface area (Å²) in [7, 11) is 1.67. The van der Waals surface area contributed by atoms with Crippen LogP contribution in [-0.2, 0) is 0 Å². The van der Waals surface area contributed by atoms with Gasteiger partial charge in [0.1, 0.15) is 17.3 Å². The van der Waals surface area contributed by atoms with Crippen LogP contribution in [0.1, 0.15) is 11.1 Å². The summed E-state index contributed by atoms with van der Waals surface area (Å²) in [6.45, 7) is 4.02. The SMILES string of the molecule is COc1cc(C)c(-c2nc3c(Cl)cccn3c2N)cc1C. The van der Waals surface area contributed by atoms with Crippen LogP contribution in [0.25, 0.3) is 16.9 Å². The monoisotopic (exact) mass is 301 g/mol. The van der Waals surface area contributed by atoms with E-state index in [4.69, 9.17) is 22.1 Å². The van der Waals surface area contributed by atoms with Gasteiger partial charge in [-0.3, -0.25) is 4.40 Å². The number of hydrogen-bond donors (Lipinski definition) is 1. The summed E-state index contributed by atoms with van der Waals surface area (Å²) >= 11 is 6.19. The maximum absolute atomic E-state index is 6.24. The van der Waals surface area contributed by atoms with Crippen LogP contribution in [0.4, 0.5) is 5.82 Å². The standard InChI is InChI=1S/C16H16ClN3O/c1-9-8-13(21-3)10(2)7-11(9)14-15(18)20-6-4-5-12(17)16(20)19-14/h4-8H,18H2,1-3H3. The van der Waals surface area contributed by atoms with Gasteiger partial charge in [-0.15, -0.1) is 0 Å². The summed E-state index contributed by atoms with van der Waals surface area (Å²) in [6.07, 6.45) is 1.86. The number of nitrogens with two attached hydrogens (primary N) is 1. The molecule has 0 spiro atoms. The summed E-state index contributed by atoms with van der Waals surface area (Å²) in [4.78, 5) is 4.60. The number of imidazole rings is 1. The van der Waals surface area contributed by atoms with Crippen molar-refractivity contribution in [2.75, 3.05) is 12.8 Å². The summed E-state index contributed by atoms with van der Waals surface area (Å²) in [6, 6.07) is 7.69. The van der Waals surface area contributed by atoms with Crippen LogP contribution in [0.15, 0.2) is 30.5 Å². The molecule has 0 saturated heterocycles. The molecule has 0 fully saturated rings. The van der Waals surface area contributed by atoms with E-state index < -0.39 is 0 Å². The number of pyridine rings is 1. The lowest BCUT2D eigenvalue weighted by atomic mass is 10.0. The van der Waals surface area contributed by atoms with E-state index in [9.17, 15) is 0 Å². The zero-order chi connectivity index (χ0) is 15.1. The molecule has 3 rings (SSSR count). The summed E-state index contributed by atoms with van der Waals surface area (Å²) < 4.78 is 7.15. The number of fused-ring (bicyclic) bond motifs is 1. The van der Waals surface area contributed by atoms with Crippen molar-refractivity contribution < 1.29 is 4.74 Å². The van der Waals surface area contributed by atoms with E-state index in [1.54, 1.807) is 17.6 Å². The first kappa shape index (κ1) is 13.8. The minimum Gasteiger partial charge on any atom is -0.496 e. The Kier molecular flexibility index (Phi) is 3.26. The molecule has 3 aromatic rings. The molecule has 2 heterocycles. The second-order valence-electron chi connectivity index (χ2n) is 5.03. The van der Waals surface area contributed by atoms with Crippen LogP contribution in [0.5, 0.6) is 5.75 Å². The average Bonchev–Trinajstić information content (AvgIpc) is 2.80. The first-order valence-electron chi connectivity index (χ1n) is 6.60. The van der Waals surface area contributed by atoms with E-state index in [0.29, 0.717) is 16.5 Å². The Hall–Kier alpha value is -2.20. The zero-order valence-corrected chi connectivity index (χ0v) is 12.9. The summed E-state index contributed by atoms with van der Waals surface area (Å²) in [5.74, 6) is 1.44. The number of nitrogens with zero attached hydrogens (tertiary/aromatic N) is 2. The first-order valence-corrected chi connectivity index (χ1v) is 6.98. The lowest BCUT2D eigenvalue weighted by Gasteiger charge is -2.10. The van der Waals surface area contributed by atoms with Gasteiger partial charge in [0, 0.05) is 11.8 Å². The van der Waals surface area contributed by atoms with Crippen LogP contribution in [-0.4, -0.2) is 16.5 Å². The molecular weight excluding hydrogens is 286 g/mol. The molecule has 0 saturated carbocycles. The Labute approximate surface area is 128 Å². The van der Waals surface area contributed by atoms with Crippen LogP contribution in [0.2, 0.25) is 5.02 Å². The van der Waals surface area contributed by atoms with Gasteiger partial charge >= 0.3 is 0 Å². The maximum Gasteiger partial charge on any atom is 0.157 e. The third kappa shape index (κ3) is 2.12. The van der Waals surface area contributed by atoms with E-state index in [1.807, 2.05) is 38.2 Å². The molecule has 0 bridgehead atoms. The number of hydrogen-bond acceptors (Lipinski definition) is 3. The van der Waals surface area contributed by atoms with Crippen LogP contribution in [0.3, 0.4) is 0 Å². The quantitative estimate of drug-likeness (QED) is 0.782. The number of methoxy groups -OCH3 is 1. The number of nitrogen functional groups attached to an aromatic ring is 1. The lowest BCUT2D eigenvalue weighted by molar-refractivity contribution is 0.411.